The third-order valence-corrected chi connectivity index (χ3v) is 7.31. The zero-order chi connectivity index (χ0) is 24.6. The van der Waals surface area contributed by atoms with Gasteiger partial charge in [-0.2, -0.15) is 0 Å². The van der Waals surface area contributed by atoms with Gasteiger partial charge in [-0.15, -0.1) is 0 Å². The Kier molecular flexibility index (Phi) is 5.70. The molecule has 1 heterocycles. The van der Waals surface area contributed by atoms with Gasteiger partial charge < -0.3 is 0 Å². The van der Waals surface area contributed by atoms with E-state index in [1.165, 1.54) is 4.57 Å². The standard InChI is InChI=1S/C28H23N3O3S/c1-19-18-23(31-20(2)29-27-11-7-6-10-25(27)28(31)32)14-17-26(19)30-35(33,34)24-15-12-22(13-16-24)21-8-4-3-5-9-21/h3-18,30H,1-2H3. The normalized spacial score (nSPS) is 11.5. The van der Waals surface area contributed by atoms with E-state index in [1.54, 1.807) is 68.4 Å². The van der Waals surface area contributed by atoms with Crippen LogP contribution in [-0.2, 0) is 10.0 Å². The van der Waals surface area contributed by atoms with Crippen molar-refractivity contribution in [3.8, 4) is 16.8 Å². The van der Waals surface area contributed by atoms with Crippen LogP contribution in [0.5, 0.6) is 0 Å². The molecule has 0 aliphatic rings. The molecule has 5 aromatic rings. The van der Waals surface area contributed by atoms with E-state index in [1.807, 2.05) is 42.5 Å². The van der Waals surface area contributed by atoms with Crippen LogP contribution >= 0.6 is 0 Å². The Morgan fingerprint density at radius 1 is 0.771 bits per heavy atom. The molecule has 0 unspecified atom stereocenters. The van der Waals surface area contributed by atoms with E-state index in [4.69, 9.17) is 0 Å². The minimum absolute atomic E-state index is 0.167. The molecular formula is C28H23N3O3S. The van der Waals surface area contributed by atoms with Crippen LogP contribution in [0.4, 0.5) is 5.69 Å². The molecule has 35 heavy (non-hydrogen) atoms. The highest BCUT2D eigenvalue weighted by atomic mass is 32.2. The van der Waals surface area contributed by atoms with Crippen molar-refractivity contribution in [2.75, 3.05) is 4.72 Å². The molecule has 0 aliphatic carbocycles. The molecule has 0 amide bonds. The third kappa shape index (κ3) is 4.34. The number of sulfonamides is 1. The maximum Gasteiger partial charge on any atom is 0.265 e. The highest BCUT2D eigenvalue weighted by molar-refractivity contribution is 7.92. The SMILES string of the molecule is Cc1cc(-n2c(C)nc3ccccc3c2=O)ccc1NS(=O)(=O)c1ccc(-c2ccccc2)cc1. The summed E-state index contributed by atoms with van der Waals surface area (Å²) in [5.74, 6) is 0.555. The van der Waals surface area contributed by atoms with Gasteiger partial charge in [-0.05, 0) is 73.0 Å². The fourth-order valence-corrected chi connectivity index (χ4v) is 5.24. The number of nitrogens with one attached hydrogen (secondary N) is 1. The Balaban J connectivity index is 1.45. The topological polar surface area (TPSA) is 81.1 Å². The number of benzene rings is 4. The van der Waals surface area contributed by atoms with Gasteiger partial charge in [0, 0.05) is 0 Å². The van der Waals surface area contributed by atoms with Crippen molar-refractivity contribution in [3.63, 3.8) is 0 Å². The number of hydrogen-bond donors (Lipinski definition) is 1. The maximum atomic E-state index is 13.1. The second-order valence-electron chi connectivity index (χ2n) is 8.31. The summed E-state index contributed by atoms with van der Waals surface area (Å²) < 4.78 is 30.3. The lowest BCUT2D eigenvalue weighted by atomic mass is 10.1. The molecule has 0 fully saturated rings. The summed E-state index contributed by atoms with van der Waals surface area (Å²) in [5, 5.41) is 0.527. The Bertz CT molecular complexity index is 1710. The summed E-state index contributed by atoms with van der Waals surface area (Å²) in [6, 6.07) is 28.9. The van der Waals surface area contributed by atoms with E-state index in [-0.39, 0.29) is 10.5 Å². The van der Waals surface area contributed by atoms with Gasteiger partial charge in [0.1, 0.15) is 5.82 Å². The van der Waals surface area contributed by atoms with Gasteiger partial charge in [0.25, 0.3) is 15.6 Å². The fraction of sp³-hybridized carbons (Fsp3) is 0.0714. The van der Waals surface area contributed by atoms with Gasteiger partial charge in [-0.1, -0.05) is 54.6 Å². The molecule has 0 bridgehead atoms. The minimum atomic E-state index is -3.79. The largest absolute Gasteiger partial charge is 0.279 e. The number of anilines is 1. The first-order valence-corrected chi connectivity index (χ1v) is 12.6. The van der Waals surface area contributed by atoms with Crippen LogP contribution in [-0.4, -0.2) is 18.0 Å². The number of aromatic nitrogens is 2. The van der Waals surface area contributed by atoms with Crippen LogP contribution in [0.25, 0.3) is 27.7 Å². The summed E-state index contributed by atoms with van der Waals surface area (Å²) in [6.45, 7) is 3.58. The predicted octanol–water partition coefficient (Wildman–Crippen LogP) is 5.47. The van der Waals surface area contributed by atoms with Crippen molar-refractivity contribution in [3.05, 3.63) is 119 Å². The van der Waals surface area contributed by atoms with Crippen molar-refractivity contribution >= 4 is 26.6 Å². The Hall–Kier alpha value is -4.23. The molecule has 0 radical (unpaired) electrons. The van der Waals surface area contributed by atoms with E-state index in [2.05, 4.69) is 9.71 Å². The first kappa shape index (κ1) is 22.6. The van der Waals surface area contributed by atoms with Gasteiger partial charge in [0.2, 0.25) is 0 Å². The van der Waals surface area contributed by atoms with E-state index in [0.29, 0.717) is 33.7 Å². The monoisotopic (exact) mass is 481 g/mol. The van der Waals surface area contributed by atoms with Crippen molar-refractivity contribution in [1.29, 1.82) is 0 Å². The first-order valence-electron chi connectivity index (χ1n) is 11.1. The van der Waals surface area contributed by atoms with Gasteiger partial charge in [0.05, 0.1) is 27.2 Å². The van der Waals surface area contributed by atoms with Crippen LogP contribution in [0, 0.1) is 13.8 Å². The van der Waals surface area contributed by atoms with E-state index < -0.39 is 10.0 Å². The van der Waals surface area contributed by atoms with Crippen LogP contribution in [0.1, 0.15) is 11.4 Å². The van der Waals surface area contributed by atoms with Crippen LogP contribution in [0.2, 0.25) is 0 Å². The molecule has 1 aromatic heterocycles. The molecule has 4 aromatic carbocycles. The average molecular weight is 482 g/mol. The van der Waals surface area contributed by atoms with Crippen molar-refractivity contribution in [2.45, 2.75) is 18.7 Å². The molecule has 0 saturated carbocycles. The Labute approximate surface area is 203 Å². The quantitative estimate of drug-likeness (QED) is 0.361. The number of fused-ring (bicyclic) bond motifs is 1. The molecule has 1 N–H and O–H groups in total. The third-order valence-electron chi connectivity index (χ3n) is 5.93. The lowest BCUT2D eigenvalue weighted by Gasteiger charge is -2.15. The van der Waals surface area contributed by atoms with Crippen molar-refractivity contribution in [1.82, 2.24) is 9.55 Å². The molecular weight excluding hydrogens is 458 g/mol. The van der Waals surface area contributed by atoms with Crippen LogP contribution in [0.15, 0.2) is 107 Å². The maximum absolute atomic E-state index is 13.1. The summed E-state index contributed by atoms with van der Waals surface area (Å²) >= 11 is 0. The van der Waals surface area contributed by atoms with Crippen LogP contribution in [0.3, 0.4) is 0 Å². The molecule has 0 saturated heterocycles. The van der Waals surface area contributed by atoms with Crippen molar-refractivity contribution in [2.24, 2.45) is 0 Å². The zero-order valence-corrected chi connectivity index (χ0v) is 20.1. The number of nitrogens with zero attached hydrogens (tertiary/aromatic N) is 2. The van der Waals surface area contributed by atoms with E-state index in [9.17, 15) is 13.2 Å². The second-order valence-corrected chi connectivity index (χ2v) is 9.99. The average Bonchev–Trinajstić information content (AvgIpc) is 2.86. The van der Waals surface area contributed by atoms with E-state index in [0.717, 1.165) is 11.1 Å². The lowest BCUT2D eigenvalue weighted by Crippen LogP contribution is -2.22. The van der Waals surface area contributed by atoms with Gasteiger partial charge in [-0.25, -0.2) is 13.4 Å². The Morgan fingerprint density at radius 3 is 2.14 bits per heavy atom. The number of rotatable bonds is 5. The summed E-state index contributed by atoms with van der Waals surface area (Å²) in [7, 11) is -3.79. The number of aryl methyl sites for hydroxylation is 2. The molecule has 0 spiro atoms. The van der Waals surface area contributed by atoms with Gasteiger partial charge in [0.15, 0.2) is 0 Å². The molecule has 5 rings (SSSR count). The van der Waals surface area contributed by atoms with Gasteiger partial charge in [-0.3, -0.25) is 14.1 Å². The molecule has 0 aliphatic heterocycles. The van der Waals surface area contributed by atoms with E-state index >= 15 is 0 Å². The summed E-state index contributed by atoms with van der Waals surface area (Å²) in [4.78, 5) is 17.8. The van der Waals surface area contributed by atoms with Crippen molar-refractivity contribution < 1.29 is 8.42 Å². The molecule has 6 nitrogen and oxygen atoms in total. The molecule has 7 heteroatoms. The zero-order valence-electron chi connectivity index (χ0n) is 19.3. The highest BCUT2D eigenvalue weighted by Crippen LogP contribution is 2.25. The van der Waals surface area contributed by atoms with Gasteiger partial charge >= 0.3 is 0 Å². The second kappa shape index (κ2) is 8.85. The first-order chi connectivity index (χ1) is 16.8. The Morgan fingerprint density at radius 2 is 1.43 bits per heavy atom. The summed E-state index contributed by atoms with van der Waals surface area (Å²) in [5.41, 5.74) is 4.19. The fourth-order valence-electron chi connectivity index (χ4n) is 4.11. The lowest BCUT2D eigenvalue weighted by molar-refractivity contribution is 0.601. The molecule has 174 valence electrons. The molecule has 0 atom stereocenters. The van der Waals surface area contributed by atoms with Crippen LogP contribution < -0.4 is 10.3 Å². The predicted molar refractivity (Wildman–Crippen MR) is 140 cm³/mol. The minimum Gasteiger partial charge on any atom is -0.279 e. The smallest absolute Gasteiger partial charge is 0.265 e. The number of hydrogen-bond acceptors (Lipinski definition) is 4. The number of para-hydroxylation sites is 1. The summed E-state index contributed by atoms with van der Waals surface area (Å²) in [6.07, 6.45) is 0. The highest BCUT2D eigenvalue weighted by Gasteiger charge is 2.17.